The topological polar surface area (TPSA) is 58.9 Å². The minimum Gasteiger partial charge on any atom is -0.481 e. The number of fused-ring (bicyclic) bond motifs is 3. The number of carbonyl (C=O) groups is 1. The highest BCUT2D eigenvalue weighted by Crippen LogP contribution is 2.59. The predicted molar refractivity (Wildman–Crippen MR) is 114 cm³/mol. The summed E-state index contributed by atoms with van der Waals surface area (Å²) in [6.07, 6.45) is 2.95. The third kappa shape index (κ3) is 3.13. The lowest BCUT2D eigenvalue weighted by molar-refractivity contribution is -0.156. The summed E-state index contributed by atoms with van der Waals surface area (Å²) in [5.74, 6) is -0.687. The number of rotatable bonds is 4. The molecule has 1 N–H and O–H groups in total. The van der Waals surface area contributed by atoms with Crippen LogP contribution in [0.25, 0.3) is 0 Å². The molecule has 1 saturated carbocycles. The Morgan fingerprint density at radius 1 is 1.36 bits per heavy atom. The molecule has 154 valence electrons. The van der Waals surface area contributed by atoms with E-state index >= 15 is 0 Å². The van der Waals surface area contributed by atoms with Gasteiger partial charge in [0.15, 0.2) is 0 Å². The van der Waals surface area contributed by atoms with Crippen molar-refractivity contribution in [2.24, 2.45) is 16.5 Å². The lowest BCUT2D eigenvalue weighted by Crippen LogP contribution is -2.53. The van der Waals surface area contributed by atoms with Gasteiger partial charge in [0.2, 0.25) is 0 Å². The summed E-state index contributed by atoms with van der Waals surface area (Å²) in [5.41, 5.74) is 2.38. The number of hydrogen-bond acceptors (Lipinski definition) is 3. The van der Waals surface area contributed by atoms with Crippen LogP contribution in [0.5, 0.6) is 0 Å². The molecule has 2 aliphatic carbocycles. The van der Waals surface area contributed by atoms with E-state index in [-0.39, 0.29) is 17.3 Å². The van der Waals surface area contributed by atoms with Crippen molar-refractivity contribution >= 4 is 34.9 Å². The van der Waals surface area contributed by atoms with Crippen LogP contribution in [0, 0.1) is 11.3 Å². The van der Waals surface area contributed by atoms with E-state index < -0.39 is 11.4 Å². The molecule has 0 radical (unpaired) electrons. The van der Waals surface area contributed by atoms with E-state index in [0.717, 1.165) is 35.2 Å². The first-order chi connectivity index (χ1) is 13.1. The van der Waals surface area contributed by atoms with Gasteiger partial charge in [-0.1, -0.05) is 55.5 Å². The van der Waals surface area contributed by atoms with E-state index in [0.29, 0.717) is 29.5 Å². The van der Waals surface area contributed by atoms with Crippen LogP contribution < -0.4 is 0 Å². The van der Waals surface area contributed by atoms with Crippen LogP contribution in [0.1, 0.15) is 82.9 Å². The highest BCUT2D eigenvalue weighted by atomic mass is 35.5. The number of aliphatic carboxylic acids is 1. The summed E-state index contributed by atoms with van der Waals surface area (Å²) in [7, 11) is 0. The van der Waals surface area contributed by atoms with E-state index in [1.807, 2.05) is 19.9 Å². The lowest BCUT2D eigenvalue weighted by Gasteiger charge is -2.53. The minimum atomic E-state index is -0.826. The zero-order chi connectivity index (χ0) is 20.9. The normalized spacial score (nSPS) is 30.9. The van der Waals surface area contributed by atoms with Gasteiger partial charge in [0, 0.05) is 10.6 Å². The Balaban J connectivity index is 2.32. The molecule has 1 fully saturated rings. The third-order valence-electron chi connectivity index (χ3n) is 6.86. The van der Waals surface area contributed by atoms with Crippen molar-refractivity contribution in [3.8, 4) is 0 Å². The predicted octanol–water partition coefficient (Wildman–Crippen LogP) is 6.41. The molecule has 1 aromatic carbocycles. The number of benzene rings is 1. The number of halogens is 2. The maximum atomic E-state index is 12.3. The fourth-order valence-corrected chi connectivity index (χ4v) is 6.32. The fraction of sp³-hybridized carbons (Fsp3) is 0.636. The standard InChI is InChI=1S/C22H29Cl2NO3/c1-6-28-25-15-11-16-21(4,8-7-9-22(16,5)20(26)27)13-10-14(23)17(12(2)3)19(24)18(13)15/h10,12,16H,6-9,11H2,1-5H3,(H,26,27)/b25-15+/t16-,21-,22-/m1/s1. The monoisotopic (exact) mass is 425 g/mol. The third-order valence-corrected chi connectivity index (χ3v) is 7.56. The van der Waals surface area contributed by atoms with Gasteiger partial charge in [-0.2, -0.15) is 0 Å². The quantitative estimate of drug-likeness (QED) is 0.566. The highest BCUT2D eigenvalue weighted by molar-refractivity contribution is 6.39. The van der Waals surface area contributed by atoms with Crippen molar-refractivity contribution in [2.75, 3.05) is 6.61 Å². The van der Waals surface area contributed by atoms with Crippen LogP contribution in [0.2, 0.25) is 10.0 Å². The molecular formula is C22H29Cl2NO3. The summed E-state index contributed by atoms with van der Waals surface area (Å²) >= 11 is 13.6. The van der Waals surface area contributed by atoms with Crippen LogP contribution >= 0.6 is 23.2 Å². The molecule has 2 aliphatic rings. The maximum Gasteiger partial charge on any atom is 0.309 e. The van der Waals surface area contributed by atoms with E-state index in [1.54, 1.807) is 0 Å². The Hall–Kier alpha value is -1.26. The summed E-state index contributed by atoms with van der Waals surface area (Å²) in [6, 6.07) is 2.00. The van der Waals surface area contributed by atoms with Crippen molar-refractivity contribution < 1.29 is 14.7 Å². The molecule has 3 atom stereocenters. The first-order valence-electron chi connectivity index (χ1n) is 10.0. The van der Waals surface area contributed by atoms with Crippen LogP contribution in [-0.4, -0.2) is 23.4 Å². The van der Waals surface area contributed by atoms with Gasteiger partial charge in [0.25, 0.3) is 0 Å². The van der Waals surface area contributed by atoms with Crippen LogP contribution in [-0.2, 0) is 15.0 Å². The van der Waals surface area contributed by atoms with Crippen molar-refractivity contribution in [3.63, 3.8) is 0 Å². The van der Waals surface area contributed by atoms with E-state index in [2.05, 4.69) is 25.9 Å². The Morgan fingerprint density at radius 2 is 2.04 bits per heavy atom. The van der Waals surface area contributed by atoms with Gasteiger partial charge in [-0.05, 0) is 67.6 Å². The van der Waals surface area contributed by atoms with Gasteiger partial charge < -0.3 is 9.94 Å². The molecule has 0 aliphatic heterocycles. The Kier molecular flexibility index (Phi) is 5.77. The zero-order valence-corrected chi connectivity index (χ0v) is 18.7. The molecule has 0 aromatic heterocycles. The fourth-order valence-electron chi connectivity index (χ4n) is 5.32. The van der Waals surface area contributed by atoms with E-state index in [4.69, 9.17) is 28.0 Å². The number of hydrogen-bond donors (Lipinski definition) is 1. The van der Waals surface area contributed by atoms with Crippen LogP contribution in [0.15, 0.2) is 11.2 Å². The summed E-state index contributed by atoms with van der Waals surface area (Å²) in [5, 5.41) is 15.7. The molecule has 3 rings (SSSR count). The maximum absolute atomic E-state index is 12.3. The number of carboxylic acids is 1. The van der Waals surface area contributed by atoms with Crippen LogP contribution in [0.4, 0.5) is 0 Å². The zero-order valence-electron chi connectivity index (χ0n) is 17.2. The summed E-state index contributed by atoms with van der Waals surface area (Å²) < 4.78 is 0. The molecule has 0 bridgehead atoms. The first kappa shape index (κ1) is 21.4. The van der Waals surface area contributed by atoms with Gasteiger partial charge in [0.05, 0.1) is 16.1 Å². The van der Waals surface area contributed by atoms with E-state index in [1.165, 1.54) is 0 Å². The molecule has 0 saturated heterocycles. The van der Waals surface area contributed by atoms with Gasteiger partial charge in [-0.25, -0.2) is 0 Å². The van der Waals surface area contributed by atoms with Crippen molar-refractivity contribution in [2.45, 2.75) is 71.6 Å². The summed E-state index contributed by atoms with van der Waals surface area (Å²) in [4.78, 5) is 17.7. The molecule has 0 spiro atoms. The van der Waals surface area contributed by atoms with Gasteiger partial charge in [-0.3, -0.25) is 4.79 Å². The Bertz CT molecular complexity index is 836. The average Bonchev–Trinajstić information content (AvgIpc) is 2.60. The molecule has 4 nitrogen and oxygen atoms in total. The molecule has 1 aromatic rings. The first-order valence-corrected chi connectivity index (χ1v) is 10.8. The second-order valence-electron chi connectivity index (χ2n) is 8.87. The lowest BCUT2D eigenvalue weighted by atomic mass is 9.49. The molecule has 6 heteroatoms. The van der Waals surface area contributed by atoms with Gasteiger partial charge >= 0.3 is 5.97 Å². The molecular weight excluding hydrogens is 397 g/mol. The number of carboxylic acid groups (broad SMARTS) is 1. The second kappa shape index (κ2) is 7.53. The second-order valence-corrected chi connectivity index (χ2v) is 9.65. The highest BCUT2D eigenvalue weighted by Gasteiger charge is 2.57. The Morgan fingerprint density at radius 3 is 2.61 bits per heavy atom. The van der Waals surface area contributed by atoms with E-state index in [9.17, 15) is 9.90 Å². The molecule has 0 amide bonds. The van der Waals surface area contributed by atoms with Crippen LogP contribution in [0.3, 0.4) is 0 Å². The largest absolute Gasteiger partial charge is 0.481 e. The number of oxime groups is 1. The molecule has 0 heterocycles. The smallest absolute Gasteiger partial charge is 0.309 e. The van der Waals surface area contributed by atoms with Crippen molar-refractivity contribution in [3.05, 3.63) is 32.8 Å². The molecule has 28 heavy (non-hydrogen) atoms. The van der Waals surface area contributed by atoms with Gasteiger partial charge in [-0.15, -0.1) is 0 Å². The average molecular weight is 426 g/mol. The Labute approximate surface area is 177 Å². The van der Waals surface area contributed by atoms with Crippen molar-refractivity contribution in [1.82, 2.24) is 0 Å². The number of nitrogens with zero attached hydrogens (tertiary/aromatic N) is 1. The van der Waals surface area contributed by atoms with Gasteiger partial charge in [0.1, 0.15) is 6.61 Å². The SMILES string of the molecule is CCO/N=C1\C[C@H]2[C@](C)(C(=O)O)CCC[C@]2(C)c2cc(Cl)c(C(C)C)c(Cl)c21. The molecule has 0 unspecified atom stereocenters. The van der Waals surface area contributed by atoms with Crippen molar-refractivity contribution in [1.29, 1.82) is 0 Å². The minimum absolute atomic E-state index is 0.102. The summed E-state index contributed by atoms with van der Waals surface area (Å²) in [6.45, 7) is 10.5.